The van der Waals surface area contributed by atoms with Crippen LogP contribution in [0.5, 0.6) is 0 Å². The summed E-state index contributed by atoms with van der Waals surface area (Å²) in [6.45, 7) is 6.95. The van der Waals surface area contributed by atoms with E-state index in [-0.39, 0.29) is 11.9 Å². The SMILES string of the molecule is CCc1cc(C(NC)c2ccc(F)cc2C)n(CC)n1. The molecule has 1 unspecified atom stereocenters. The third-order valence-electron chi connectivity index (χ3n) is 3.65. The van der Waals surface area contributed by atoms with Crippen molar-refractivity contribution in [1.82, 2.24) is 15.1 Å². The fourth-order valence-electron chi connectivity index (χ4n) is 2.57. The van der Waals surface area contributed by atoms with E-state index >= 15 is 0 Å². The Hall–Kier alpha value is -1.68. The highest BCUT2D eigenvalue weighted by atomic mass is 19.1. The second-order valence-corrected chi connectivity index (χ2v) is 4.95. The molecule has 0 spiro atoms. The Labute approximate surface area is 119 Å². The zero-order valence-electron chi connectivity index (χ0n) is 12.6. The summed E-state index contributed by atoms with van der Waals surface area (Å²) in [5.41, 5.74) is 4.25. The Morgan fingerprint density at radius 3 is 2.60 bits per heavy atom. The largest absolute Gasteiger partial charge is 0.308 e. The highest BCUT2D eigenvalue weighted by Gasteiger charge is 2.19. The maximum Gasteiger partial charge on any atom is 0.123 e. The second-order valence-electron chi connectivity index (χ2n) is 4.95. The smallest absolute Gasteiger partial charge is 0.123 e. The van der Waals surface area contributed by atoms with E-state index in [1.54, 1.807) is 6.07 Å². The molecule has 0 saturated carbocycles. The number of nitrogens with zero attached hydrogens (tertiary/aromatic N) is 2. The molecule has 0 aliphatic rings. The predicted octanol–water partition coefficient (Wildman–Crippen LogP) is 3.22. The summed E-state index contributed by atoms with van der Waals surface area (Å²) >= 11 is 0. The number of aromatic nitrogens is 2. The minimum Gasteiger partial charge on any atom is -0.308 e. The molecule has 1 atom stereocenters. The summed E-state index contributed by atoms with van der Waals surface area (Å²) < 4.78 is 15.3. The van der Waals surface area contributed by atoms with Crippen molar-refractivity contribution in [2.24, 2.45) is 0 Å². The summed E-state index contributed by atoms with van der Waals surface area (Å²) in [5, 5.41) is 7.92. The number of nitrogens with one attached hydrogen (secondary N) is 1. The Morgan fingerprint density at radius 2 is 2.05 bits per heavy atom. The first-order valence-electron chi connectivity index (χ1n) is 7.10. The third kappa shape index (κ3) is 2.75. The molecule has 20 heavy (non-hydrogen) atoms. The van der Waals surface area contributed by atoms with E-state index in [1.165, 1.54) is 6.07 Å². The number of hydrogen-bond acceptors (Lipinski definition) is 2. The number of halogens is 1. The lowest BCUT2D eigenvalue weighted by molar-refractivity contribution is 0.557. The van der Waals surface area contributed by atoms with Gasteiger partial charge in [-0.15, -0.1) is 0 Å². The average molecular weight is 275 g/mol. The van der Waals surface area contributed by atoms with Crippen LogP contribution in [0, 0.1) is 12.7 Å². The van der Waals surface area contributed by atoms with E-state index in [9.17, 15) is 4.39 Å². The summed E-state index contributed by atoms with van der Waals surface area (Å²) in [4.78, 5) is 0. The lowest BCUT2D eigenvalue weighted by atomic mass is 9.98. The Morgan fingerprint density at radius 1 is 1.30 bits per heavy atom. The molecule has 3 nitrogen and oxygen atoms in total. The minimum absolute atomic E-state index is 0.0309. The molecule has 1 N–H and O–H groups in total. The molecule has 0 aliphatic heterocycles. The Bertz CT molecular complexity index is 589. The standard InChI is InChI=1S/C16H22FN3/c1-5-13-10-15(20(6-2)19-13)16(18-4)14-8-7-12(17)9-11(14)3/h7-10,16,18H,5-6H2,1-4H3. The van der Waals surface area contributed by atoms with Gasteiger partial charge in [-0.25, -0.2) is 4.39 Å². The van der Waals surface area contributed by atoms with Crippen molar-refractivity contribution in [2.75, 3.05) is 7.05 Å². The van der Waals surface area contributed by atoms with Crippen LogP contribution >= 0.6 is 0 Å². The molecule has 2 rings (SSSR count). The monoisotopic (exact) mass is 275 g/mol. The van der Waals surface area contributed by atoms with Gasteiger partial charge in [0.2, 0.25) is 0 Å². The zero-order valence-corrected chi connectivity index (χ0v) is 12.6. The van der Waals surface area contributed by atoms with Gasteiger partial charge in [0, 0.05) is 6.54 Å². The first kappa shape index (κ1) is 14.7. The van der Waals surface area contributed by atoms with Gasteiger partial charge in [0.05, 0.1) is 17.4 Å². The van der Waals surface area contributed by atoms with Crippen molar-refractivity contribution in [1.29, 1.82) is 0 Å². The molecule has 0 radical (unpaired) electrons. The van der Waals surface area contributed by atoms with Crippen molar-refractivity contribution in [2.45, 2.75) is 39.8 Å². The van der Waals surface area contributed by atoms with Gasteiger partial charge in [-0.2, -0.15) is 5.10 Å². The third-order valence-corrected chi connectivity index (χ3v) is 3.65. The van der Waals surface area contributed by atoms with Gasteiger partial charge in [0.25, 0.3) is 0 Å². The van der Waals surface area contributed by atoms with Crippen LogP contribution in [0.1, 0.15) is 42.4 Å². The zero-order chi connectivity index (χ0) is 14.7. The summed E-state index contributed by atoms with van der Waals surface area (Å²) in [6, 6.07) is 7.11. The molecule has 0 saturated heterocycles. The van der Waals surface area contributed by atoms with Gasteiger partial charge in [-0.1, -0.05) is 13.0 Å². The molecule has 0 fully saturated rings. The number of rotatable bonds is 5. The van der Waals surface area contributed by atoms with Crippen LogP contribution in [0.25, 0.3) is 0 Å². The van der Waals surface area contributed by atoms with Gasteiger partial charge in [-0.05, 0) is 56.6 Å². The molecule has 4 heteroatoms. The van der Waals surface area contributed by atoms with E-state index in [2.05, 4.69) is 30.3 Å². The molecule has 0 bridgehead atoms. The molecule has 1 heterocycles. The molecule has 0 aliphatic carbocycles. The van der Waals surface area contributed by atoms with Crippen molar-refractivity contribution < 1.29 is 4.39 Å². The summed E-state index contributed by atoms with van der Waals surface area (Å²) in [5.74, 6) is -0.195. The van der Waals surface area contributed by atoms with E-state index in [4.69, 9.17) is 0 Å². The first-order valence-corrected chi connectivity index (χ1v) is 7.10. The predicted molar refractivity (Wildman–Crippen MR) is 79.3 cm³/mol. The van der Waals surface area contributed by atoms with Crippen molar-refractivity contribution in [3.63, 3.8) is 0 Å². The maximum atomic E-state index is 13.3. The van der Waals surface area contributed by atoms with Gasteiger partial charge < -0.3 is 5.32 Å². The molecular formula is C16H22FN3. The van der Waals surface area contributed by atoms with E-state index < -0.39 is 0 Å². The van der Waals surface area contributed by atoms with Crippen molar-refractivity contribution >= 4 is 0 Å². The summed E-state index contributed by atoms with van der Waals surface area (Å²) in [6.07, 6.45) is 0.916. The lowest BCUT2D eigenvalue weighted by Crippen LogP contribution is -2.22. The molecule has 108 valence electrons. The van der Waals surface area contributed by atoms with Crippen molar-refractivity contribution in [3.05, 3.63) is 52.6 Å². The van der Waals surface area contributed by atoms with E-state index in [1.807, 2.05) is 24.7 Å². The fraction of sp³-hybridized carbons (Fsp3) is 0.438. The van der Waals surface area contributed by atoms with Crippen LogP contribution in [0.3, 0.4) is 0 Å². The fourth-order valence-corrected chi connectivity index (χ4v) is 2.57. The highest BCUT2D eigenvalue weighted by Crippen LogP contribution is 2.26. The average Bonchev–Trinajstić information content (AvgIpc) is 2.85. The number of aryl methyl sites for hydroxylation is 3. The van der Waals surface area contributed by atoms with Crippen LogP contribution in [-0.4, -0.2) is 16.8 Å². The molecule has 0 amide bonds. The number of hydrogen-bond donors (Lipinski definition) is 1. The van der Waals surface area contributed by atoms with Crippen molar-refractivity contribution in [3.8, 4) is 0 Å². The van der Waals surface area contributed by atoms with Gasteiger partial charge in [0.1, 0.15) is 5.82 Å². The normalized spacial score (nSPS) is 12.7. The molecule has 1 aromatic heterocycles. The quantitative estimate of drug-likeness (QED) is 0.908. The van der Waals surface area contributed by atoms with Crippen LogP contribution in [0.15, 0.2) is 24.3 Å². The topological polar surface area (TPSA) is 29.9 Å². The number of benzene rings is 1. The van der Waals surface area contributed by atoms with Gasteiger partial charge >= 0.3 is 0 Å². The maximum absolute atomic E-state index is 13.3. The highest BCUT2D eigenvalue weighted by molar-refractivity contribution is 5.35. The van der Waals surface area contributed by atoms with Crippen LogP contribution in [0.2, 0.25) is 0 Å². The lowest BCUT2D eigenvalue weighted by Gasteiger charge is -2.20. The van der Waals surface area contributed by atoms with E-state index in [0.717, 1.165) is 35.5 Å². The Kier molecular flexibility index (Phi) is 4.55. The van der Waals surface area contributed by atoms with Crippen LogP contribution < -0.4 is 5.32 Å². The van der Waals surface area contributed by atoms with Crippen LogP contribution in [0.4, 0.5) is 4.39 Å². The first-order chi connectivity index (χ1) is 9.60. The minimum atomic E-state index is -0.195. The summed E-state index contributed by atoms with van der Waals surface area (Å²) in [7, 11) is 1.92. The molecule has 2 aromatic rings. The van der Waals surface area contributed by atoms with Gasteiger partial charge in [0.15, 0.2) is 0 Å². The van der Waals surface area contributed by atoms with E-state index in [0.29, 0.717) is 0 Å². The second kappa shape index (κ2) is 6.18. The molecule has 1 aromatic carbocycles. The van der Waals surface area contributed by atoms with Crippen LogP contribution in [-0.2, 0) is 13.0 Å². The van der Waals surface area contributed by atoms with Gasteiger partial charge in [-0.3, -0.25) is 4.68 Å². The molecular weight excluding hydrogens is 253 g/mol. The Balaban J connectivity index is 2.48.